The number of hydrogen-bond donors (Lipinski definition) is 1. The monoisotopic (exact) mass is 287 g/mol. The summed E-state index contributed by atoms with van der Waals surface area (Å²) in [6.45, 7) is 4.20. The molecular formula is C13H21NO4S. The Kier molecular flexibility index (Phi) is 5.62. The molecule has 0 saturated carbocycles. The summed E-state index contributed by atoms with van der Waals surface area (Å²) in [6.07, 6.45) is 1.73. The van der Waals surface area contributed by atoms with Crippen LogP contribution < -0.4 is 14.2 Å². The lowest BCUT2D eigenvalue weighted by atomic mass is 10.2. The first-order chi connectivity index (χ1) is 8.97. The normalized spacial score (nSPS) is 11.4. The van der Waals surface area contributed by atoms with Gasteiger partial charge in [-0.25, -0.2) is 13.1 Å². The van der Waals surface area contributed by atoms with E-state index in [1.54, 1.807) is 13.0 Å². The SMILES string of the molecule is CCCCNS(=O)(=O)c1ccc(OC)c(C)c1OC. The number of sulfonamides is 1. The maximum Gasteiger partial charge on any atom is 0.244 e. The lowest BCUT2D eigenvalue weighted by molar-refractivity contribution is 0.380. The fourth-order valence-corrected chi connectivity index (χ4v) is 3.09. The second kappa shape index (κ2) is 6.77. The molecule has 0 heterocycles. The first kappa shape index (κ1) is 15.8. The molecule has 1 aromatic carbocycles. The van der Waals surface area contributed by atoms with Gasteiger partial charge in [-0.2, -0.15) is 0 Å². The molecule has 0 aromatic heterocycles. The first-order valence-corrected chi connectivity index (χ1v) is 7.67. The summed E-state index contributed by atoms with van der Waals surface area (Å²) in [5.41, 5.74) is 0.670. The van der Waals surface area contributed by atoms with Crippen LogP contribution in [0.1, 0.15) is 25.3 Å². The van der Waals surface area contributed by atoms with Crippen molar-refractivity contribution in [3.05, 3.63) is 17.7 Å². The van der Waals surface area contributed by atoms with Crippen LogP contribution in [-0.2, 0) is 10.0 Å². The molecule has 0 spiro atoms. The molecule has 0 radical (unpaired) electrons. The zero-order chi connectivity index (χ0) is 14.5. The van der Waals surface area contributed by atoms with Crippen LogP contribution in [0, 0.1) is 6.92 Å². The highest BCUT2D eigenvalue weighted by Crippen LogP contribution is 2.33. The maximum atomic E-state index is 12.2. The van der Waals surface area contributed by atoms with Gasteiger partial charge in [0.2, 0.25) is 10.0 Å². The molecule has 1 aromatic rings. The molecule has 0 amide bonds. The van der Waals surface area contributed by atoms with Crippen LogP contribution in [0.2, 0.25) is 0 Å². The number of methoxy groups -OCH3 is 2. The van der Waals surface area contributed by atoms with Crippen molar-refractivity contribution < 1.29 is 17.9 Å². The van der Waals surface area contributed by atoms with E-state index in [4.69, 9.17) is 9.47 Å². The zero-order valence-electron chi connectivity index (χ0n) is 11.8. The summed E-state index contributed by atoms with van der Waals surface area (Å²) >= 11 is 0. The smallest absolute Gasteiger partial charge is 0.244 e. The molecule has 1 rings (SSSR count). The van der Waals surface area contributed by atoms with Crippen molar-refractivity contribution >= 4 is 10.0 Å². The van der Waals surface area contributed by atoms with Gasteiger partial charge in [-0.15, -0.1) is 0 Å². The fraction of sp³-hybridized carbons (Fsp3) is 0.538. The highest BCUT2D eigenvalue weighted by molar-refractivity contribution is 7.89. The molecule has 0 atom stereocenters. The summed E-state index contributed by atoms with van der Waals surface area (Å²) in [5.74, 6) is 0.924. The quantitative estimate of drug-likeness (QED) is 0.780. The fourth-order valence-electron chi connectivity index (χ4n) is 1.80. The summed E-state index contributed by atoms with van der Waals surface area (Å²) in [5, 5.41) is 0. The number of hydrogen-bond acceptors (Lipinski definition) is 4. The summed E-state index contributed by atoms with van der Waals surface area (Å²) in [6, 6.07) is 3.13. The minimum Gasteiger partial charge on any atom is -0.496 e. The van der Waals surface area contributed by atoms with E-state index in [0.717, 1.165) is 12.8 Å². The third-order valence-corrected chi connectivity index (χ3v) is 4.34. The first-order valence-electron chi connectivity index (χ1n) is 6.19. The van der Waals surface area contributed by atoms with Crippen molar-refractivity contribution in [2.24, 2.45) is 0 Å². The summed E-state index contributed by atoms with van der Waals surface area (Å²) in [4.78, 5) is 0.143. The molecule has 0 fully saturated rings. The molecule has 0 bridgehead atoms. The second-order valence-corrected chi connectivity index (χ2v) is 5.91. The number of ether oxygens (including phenoxy) is 2. The number of rotatable bonds is 7. The lowest BCUT2D eigenvalue weighted by Gasteiger charge is -2.15. The maximum absolute atomic E-state index is 12.2. The Balaban J connectivity index is 3.16. The van der Waals surface area contributed by atoms with Gasteiger partial charge in [-0.3, -0.25) is 0 Å². The van der Waals surface area contributed by atoms with Crippen LogP contribution in [0.3, 0.4) is 0 Å². The average molecular weight is 287 g/mol. The third kappa shape index (κ3) is 3.61. The minimum atomic E-state index is -3.55. The molecule has 0 unspecified atom stereocenters. The van der Waals surface area contributed by atoms with Crippen LogP contribution in [-0.4, -0.2) is 29.2 Å². The van der Waals surface area contributed by atoms with Crippen LogP contribution in [0.15, 0.2) is 17.0 Å². The van der Waals surface area contributed by atoms with Crippen LogP contribution in [0.4, 0.5) is 0 Å². The van der Waals surface area contributed by atoms with E-state index in [9.17, 15) is 8.42 Å². The number of benzene rings is 1. The second-order valence-electron chi connectivity index (χ2n) is 4.18. The Labute approximate surface area is 115 Å². The zero-order valence-corrected chi connectivity index (χ0v) is 12.6. The molecule has 108 valence electrons. The molecule has 0 saturated heterocycles. The molecule has 5 nitrogen and oxygen atoms in total. The predicted octanol–water partition coefficient (Wildman–Crippen LogP) is 2.09. The van der Waals surface area contributed by atoms with Crippen molar-refractivity contribution in [1.29, 1.82) is 0 Å². The van der Waals surface area contributed by atoms with E-state index < -0.39 is 10.0 Å². The number of nitrogens with one attached hydrogen (secondary N) is 1. The molecule has 0 aliphatic rings. The average Bonchev–Trinajstić information content (AvgIpc) is 2.38. The van der Waals surface area contributed by atoms with Gasteiger partial charge >= 0.3 is 0 Å². The van der Waals surface area contributed by atoms with Gasteiger partial charge in [0, 0.05) is 12.1 Å². The van der Waals surface area contributed by atoms with E-state index in [0.29, 0.717) is 23.6 Å². The van der Waals surface area contributed by atoms with Crippen LogP contribution >= 0.6 is 0 Å². The Bertz CT molecular complexity index is 526. The standard InChI is InChI=1S/C13H21NO4S/c1-5-6-9-14-19(15,16)12-8-7-11(17-3)10(2)13(12)18-4/h7-8,14H,5-6,9H2,1-4H3. The van der Waals surface area contributed by atoms with Gasteiger partial charge < -0.3 is 9.47 Å². The van der Waals surface area contributed by atoms with Gasteiger partial charge in [-0.05, 0) is 25.5 Å². The highest BCUT2D eigenvalue weighted by Gasteiger charge is 2.22. The highest BCUT2D eigenvalue weighted by atomic mass is 32.2. The van der Waals surface area contributed by atoms with Crippen molar-refractivity contribution in [2.45, 2.75) is 31.6 Å². The Morgan fingerprint density at radius 1 is 1.21 bits per heavy atom. The topological polar surface area (TPSA) is 64.6 Å². The van der Waals surface area contributed by atoms with E-state index in [2.05, 4.69) is 4.72 Å². The largest absolute Gasteiger partial charge is 0.496 e. The summed E-state index contributed by atoms with van der Waals surface area (Å²) in [7, 11) is -0.565. The molecule has 19 heavy (non-hydrogen) atoms. The van der Waals surface area contributed by atoms with Gasteiger partial charge in [0.1, 0.15) is 16.4 Å². The number of unbranched alkanes of at least 4 members (excludes halogenated alkanes) is 1. The minimum absolute atomic E-state index is 0.143. The van der Waals surface area contributed by atoms with E-state index in [1.807, 2.05) is 6.92 Å². The van der Waals surface area contributed by atoms with Gasteiger partial charge in [-0.1, -0.05) is 13.3 Å². The van der Waals surface area contributed by atoms with Gasteiger partial charge in [0.05, 0.1) is 14.2 Å². The Morgan fingerprint density at radius 3 is 2.42 bits per heavy atom. The van der Waals surface area contributed by atoms with Crippen molar-refractivity contribution in [1.82, 2.24) is 4.72 Å². The predicted molar refractivity (Wildman–Crippen MR) is 74.4 cm³/mol. The van der Waals surface area contributed by atoms with E-state index in [-0.39, 0.29) is 4.90 Å². The molecular weight excluding hydrogens is 266 g/mol. The molecule has 0 aliphatic carbocycles. The van der Waals surface area contributed by atoms with E-state index in [1.165, 1.54) is 20.3 Å². The summed E-state index contributed by atoms with van der Waals surface area (Å²) < 4.78 is 37.4. The lowest BCUT2D eigenvalue weighted by Crippen LogP contribution is -2.25. The van der Waals surface area contributed by atoms with Crippen molar-refractivity contribution in [2.75, 3.05) is 20.8 Å². The Morgan fingerprint density at radius 2 is 1.89 bits per heavy atom. The third-order valence-electron chi connectivity index (χ3n) is 2.86. The molecule has 0 aliphatic heterocycles. The molecule has 6 heteroatoms. The Hall–Kier alpha value is -1.27. The van der Waals surface area contributed by atoms with Crippen molar-refractivity contribution in [3.8, 4) is 11.5 Å². The van der Waals surface area contributed by atoms with Gasteiger partial charge in [0.25, 0.3) is 0 Å². The van der Waals surface area contributed by atoms with Crippen molar-refractivity contribution in [3.63, 3.8) is 0 Å². The van der Waals surface area contributed by atoms with Crippen LogP contribution in [0.5, 0.6) is 11.5 Å². The van der Waals surface area contributed by atoms with Crippen LogP contribution in [0.25, 0.3) is 0 Å². The molecule has 1 N–H and O–H groups in total. The van der Waals surface area contributed by atoms with Gasteiger partial charge in [0.15, 0.2) is 0 Å². The van der Waals surface area contributed by atoms with E-state index >= 15 is 0 Å².